The first-order valence-electron chi connectivity index (χ1n) is 7.37. The van der Waals surface area contributed by atoms with Crippen LogP contribution < -0.4 is 0 Å². The molecule has 2 aliphatic rings. The Hall–Kier alpha value is -1.29. The van der Waals surface area contributed by atoms with Crippen LogP contribution in [-0.4, -0.2) is 28.9 Å². The molecule has 0 saturated carbocycles. The van der Waals surface area contributed by atoms with E-state index in [0.29, 0.717) is 12.8 Å². The number of benzene rings is 1. The van der Waals surface area contributed by atoms with Gasteiger partial charge in [-0.2, -0.15) is 11.8 Å². The van der Waals surface area contributed by atoms with Crippen LogP contribution in [0.4, 0.5) is 0 Å². The lowest BCUT2D eigenvalue weighted by Gasteiger charge is -2.29. The Morgan fingerprint density at radius 3 is 2.24 bits per heavy atom. The number of ketones is 1. The van der Waals surface area contributed by atoms with Crippen molar-refractivity contribution < 1.29 is 14.3 Å². The first-order chi connectivity index (χ1) is 9.94. The van der Waals surface area contributed by atoms with Crippen LogP contribution in [0.2, 0.25) is 0 Å². The first kappa shape index (κ1) is 14.6. The van der Waals surface area contributed by atoms with Crippen molar-refractivity contribution in [2.75, 3.05) is 11.5 Å². The molecule has 2 fully saturated rings. The molecule has 0 aromatic heterocycles. The molecular weight excluding hydrogens is 284 g/mol. The Morgan fingerprint density at radius 1 is 1.10 bits per heavy atom. The highest BCUT2D eigenvalue weighted by atomic mass is 32.2. The molecule has 2 aliphatic heterocycles. The maximum Gasteiger partial charge on any atom is 0.322 e. The molecule has 0 amide bonds. The summed E-state index contributed by atoms with van der Waals surface area (Å²) < 4.78 is 5.61. The van der Waals surface area contributed by atoms with E-state index < -0.39 is 11.5 Å². The molecule has 0 radical (unpaired) electrons. The summed E-state index contributed by atoms with van der Waals surface area (Å²) in [7, 11) is 0. The molecule has 3 nitrogen and oxygen atoms in total. The van der Waals surface area contributed by atoms with Crippen molar-refractivity contribution in [2.24, 2.45) is 0 Å². The van der Waals surface area contributed by atoms with Crippen LogP contribution in [0.3, 0.4) is 0 Å². The summed E-state index contributed by atoms with van der Waals surface area (Å²) in [4.78, 5) is 25.3. The zero-order valence-corrected chi connectivity index (χ0v) is 13.5. The van der Waals surface area contributed by atoms with Crippen molar-refractivity contribution in [2.45, 2.75) is 45.1 Å². The third-order valence-corrected chi connectivity index (χ3v) is 5.56. The van der Waals surface area contributed by atoms with Gasteiger partial charge < -0.3 is 4.74 Å². The lowest BCUT2D eigenvalue weighted by Crippen LogP contribution is -2.40. The molecule has 1 aromatic carbocycles. The van der Waals surface area contributed by atoms with Crippen molar-refractivity contribution >= 4 is 23.5 Å². The van der Waals surface area contributed by atoms with Crippen LogP contribution in [-0.2, 0) is 14.3 Å². The number of Topliss-reactive ketones (excluding diaryl/α,β-unsaturated/α-hetero) is 1. The van der Waals surface area contributed by atoms with Crippen molar-refractivity contribution in [3.63, 3.8) is 0 Å². The van der Waals surface area contributed by atoms with Gasteiger partial charge in [0.1, 0.15) is 5.92 Å². The second kappa shape index (κ2) is 5.16. The van der Waals surface area contributed by atoms with Crippen LogP contribution >= 0.6 is 11.8 Å². The number of aryl methyl sites for hydroxylation is 3. The Balaban J connectivity index is 2.04. The summed E-state index contributed by atoms with van der Waals surface area (Å²) >= 11 is 1.82. The average molecular weight is 304 g/mol. The molecule has 4 heteroatoms. The number of carbonyl (C=O) groups excluding carboxylic acids is 2. The monoisotopic (exact) mass is 304 g/mol. The molecule has 1 unspecified atom stereocenters. The van der Waals surface area contributed by atoms with Gasteiger partial charge in [0.05, 0.1) is 0 Å². The third kappa shape index (κ3) is 2.30. The second-order valence-corrected chi connectivity index (χ2v) is 7.36. The fraction of sp³-hybridized carbons (Fsp3) is 0.529. The van der Waals surface area contributed by atoms with E-state index in [1.165, 1.54) is 0 Å². The lowest BCUT2D eigenvalue weighted by atomic mass is 9.81. The summed E-state index contributed by atoms with van der Waals surface area (Å²) in [5, 5.41) is 0. The molecule has 0 bridgehead atoms. The van der Waals surface area contributed by atoms with Crippen molar-refractivity contribution in [3.05, 3.63) is 34.4 Å². The third-order valence-electron chi connectivity index (χ3n) is 4.57. The SMILES string of the molecule is Cc1cc(C)c(C2C(=O)OC3(CCSCC3)C2=O)c(C)c1. The highest BCUT2D eigenvalue weighted by Crippen LogP contribution is 2.43. The number of carbonyl (C=O) groups is 2. The predicted octanol–water partition coefficient (Wildman–Crippen LogP) is 3.09. The van der Waals surface area contributed by atoms with Crippen LogP contribution in [0.1, 0.15) is 41.0 Å². The van der Waals surface area contributed by atoms with Gasteiger partial charge in [-0.05, 0) is 49.0 Å². The minimum atomic E-state index is -0.850. The Bertz CT molecular complexity index is 591. The molecule has 21 heavy (non-hydrogen) atoms. The van der Waals surface area contributed by atoms with Gasteiger partial charge in [0, 0.05) is 12.8 Å². The highest BCUT2D eigenvalue weighted by molar-refractivity contribution is 7.99. The normalized spacial score (nSPS) is 24.4. The number of esters is 1. The molecule has 2 heterocycles. The number of hydrogen-bond donors (Lipinski definition) is 0. The Labute approximate surface area is 129 Å². The van der Waals surface area contributed by atoms with Gasteiger partial charge in [0.15, 0.2) is 11.4 Å². The summed E-state index contributed by atoms with van der Waals surface area (Å²) in [6.45, 7) is 5.97. The van der Waals surface area contributed by atoms with E-state index in [1.54, 1.807) is 0 Å². The zero-order valence-electron chi connectivity index (χ0n) is 12.7. The smallest absolute Gasteiger partial charge is 0.322 e. The average Bonchev–Trinajstić information content (AvgIpc) is 2.63. The van der Waals surface area contributed by atoms with E-state index in [0.717, 1.165) is 33.8 Å². The lowest BCUT2D eigenvalue weighted by molar-refractivity contribution is -0.152. The van der Waals surface area contributed by atoms with E-state index >= 15 is 0 Å². The van der Waals surface area contributed by atoms with E-state index in [9.17, 15) is 9.59 Å². The largest absolute Gasteiger partial charge is 0.450 e. The predicted molar refractivity (Wildman–Crippen MR) is 83.8 cm³/mol. The van der Waals surface area contributed by atoms with Crippen LogP contribution in [0.5, 0.6) is 0 Å². The molecular formula is C17H20O3S. The van der Waals surface area contributed by atoms with Crippen molar-refractivity contribution in [3.8, 4) is 0 Å². The summed E-state index contributed by atoms with van der Waals surface area (Å²) in [5.41, 5.74) is 3.16. The zero-order chi connectivity index (χ0) is 15.2. The molecule has 1 aromatic rings. The van der Waals surface area contributed by atoms with Gasteiger partial charge in [-0.3, -0.25) is 9.59 Å². The van der Waals surface area contributed by atoms with E-state index in [4.69, 9.17) is 4.74 Å². The Morgan fingerprint density at radius 2 is 1.67 bits per heavy atom. The summed E-state index contributed by atoms with van der Waals surface area (Å²) in [6.07, 6.45) is 1.31. The fourth-order valence-electron chi connectivity index (χ4n) is 3.62. The van der Waals surface area contributed by atoms with Crippen molar-refractivity contribution in [1.29, 1.82) is 0 Å². The maximum absolute atomic E-state index is 12.9. The van der Waals surface area contributed by atoms with Crippen LogP contribution in [0.15, 0.2) is 12.1 Å². The number of ether oxygens (including phenoxy) is 1. The topological polar surface area (TPSA) is 43.4 Å². The number of thioether (sulfide) groups is 1. The molecule has 1 atom stereocenters. The van der Waals surface area contributed by atoms with Gasteiger partial charge in [0.25, 0.3) is 0 Å². The molecule has 0 aliphatic carbocycles. The van der Waals surface area contributed by atoms with Gasteiger partial charge in [0.2, 0.25) is 0 Å². The Kier molecular flexibility index (Phi) is 3.60. The van der Waals surface area contributed by atoms with Gasteiger partial charge in [-0.15, -0.1) is 0 Å². The maximum atomic E-state index is 12.9. The number of rotatable bonds is 1. The van der Waals surface area contributed by atoms with Gasteiger partial charge in [-0.1, -0.05) is 17.7 Å². The second-order valence-electron chi connectivity index (χ2n) is 6.14. The van der Waals surface area contributed by atoms with E-state index in [-0.39, 0.29) is 11.8 Å². The quantitative estimate of drug-likeness (QED) is 0.591. The van der Waals surface area contributed by atoms with E-state index in [1.807, 2.05) is 44.7 Å². The summed E-state index contributed by atoms with van der Waals surface area (Å²) in [5.74, 6) is 0.661. The number of hydrogen-bond acceptors (Lipinski definition) is 4. The summed E-state index contributed by atoms with van der Waals surface area (Å²) in [6, 6.07) is 4.06. The first-order valence-corrected chi connectivity index (χ1v) is 8.53. The molecule has 0 N–H and O–H groups in total. The standard InChI is InChI=1S/C17H20O3S/c1-10-8-11(2)13(12(3)9-10)14-15(18)17(20-16(14)19)4-6-21-7-5-17/h8-9,14H,4-7H2,1-3H3. The minimum absolute atomic E-state index is 0.0251. The minimum Gasteiger partial charge on any atom is -0.450 e. The molecule has 3 rings (SSSR count). The van der Waals surface area contributed by atoms with Crippen molar-refractivity contribution in [1.82, 2.24) is 0 Å². The van der Waals surface area contributed by atoms with E-state index in [2.05, 4.69) is 0 Å². The highest BCUT2D eigenvalue weighted by Gasteiger charge is 2.56. The van der Waals surface area contributed by atoms with Crippen LogP contribution in [0.25, 0.3) is 0 Å². The fourth-order valence-corrected chi connectivity index (χ4v) is 4.77. The molecule has 112 valence electrons. The van der Waals surface area contributed by atoms with Gasteiger partial charge in [-0.25, -0.2) is 0 Å². The van der Waals surface area contributed by atoms with Gasteiger partial charge >= 0.3 is 5.97 Å². The molecule has 1 spiro atoms. The molecule has 2 saturated heterocycles. The van der Waals surface area contributed by atoms with Crippen LogP contribution in [0, 0.1) is 20.8 Å².